The van der Waals surface area contributed by atoms with Crippen LogP contribution in [0.1, 0.15) is 17.0 Å². The van der Waals surface area contributed by atoms with Gasteiger partial charge in [-0.3, -0.25) is 19.5 Å². The van der Waals surface area contributed by atoms with Gasteiger partial charge in [0.15, 0.2) is 5.16 Å². The van der Waals surface area contributed by atoms with Gasteiger partial charge in [-0.05, 0) is 42.3 Å². The van der Waals surface area contributed by atoms with Crippen LogP contribution in [-0.2, 0) is 11.2 Å². The molecule has 3 aromatic carbocycles. The number of nitrogens with one attached hydrogen (secondary N) is 1. The van der Waals surface area contributed by atoms with Crippen LogP contribution in [0.5, 0.6) is 0 Å². The number of hydrogen-bond donors (Lipinski definition) is 1. The number of carbonyl (C=O) groups excluding carboxylic acids is 1. The standard InChI is InChI=1S/C24H20ClN5O3S/c1-16-7-10-20(30(32)33)14-21(16)26-23(31)15-34-24-28-27-22(13-17-5-3-2-4-6-17)29(24)19-11-8-18(25)9-12-19/h2-12,14H,13,15H2,1H3,(H,26,31). The van der Waals surface area contributed by atoms with E-state index in [2.05, 4.69) is 15.5 Å². The van der Waals surface area contributed by atoms with Gasteiger partial charge in [0.1, 0.15) is 5.82 Å². The number of hydrogen-bond acceptors (Lipinski definition) is 6. The molecule has 10 heteroatoms. The lowest BCUT2D eigenvalue weighted by Crippen LogP contribution is -2.15. The first-order valence-electron chi connectivity index (χ1n) is 10.3. The van der Waals surface area contributed by atoms with Crippen LogP contribution in [0.2, 0.25) is 5.02 Å². The number of anilines is 1. The summed E-state index contributed by atoms with van der Waals surface area (Å²) in [5.74, 6) is 0.481. The Labute approximate surface area is 205 Å². The summed E-state index contributed by atoms with van der Waals surface area (Å²) in [6, 6.07) is 21.6. The molecule has 1 N–H and O–H groups in total. The highest BCUT2D eigenvalue weighted by Gasteiger charge is 2.17. The normalized spacial score (nSPS) is 10.8. The number of halogens is 1. The first-order valence-corrected chi connectivity index (χ1v) is 11.7. The molecule has 34 heavy (non-hydrogen) atoms. The van der Waals surface area contributed by atoms with E-state index in [1.165, 1.54) is 23.9 Å². The van der Waals surface area contributed by atoms with Crippen molar-refractivity contribution < 1.29 is 9.72 Å². The fourth-order valence-corrected chi connectivity index (χ4v) is 4.21. The molecule has 8 nitrogen and oxygen atoms in total. The van der Waals surface area contributed by atoms with Crippen LogP contribution in [0.3, 0.4) is 0 Å². The number of non-ortho nitro benzene ring substituents is 1. The molecule has 0 radical (unpaired) electrons. The quantitative estimate of drug-likeness (QED) is 0.198. The minimum Gasteiger partial charge on any atom is -0.325 e. The molecule has 0 atom stereocenters. The van der Waals surface area contributed by atoms with E-state index < -0.39 is 4.92 Å². The molecule has 0 spiro atoms. The van der Waals surface area contributed by atoms with Crippen LogP contribution < -0.4 is 5.32 Å². The smallest absolute Gasteiger partial charge is 0.271 e. The highest BCUT2D eigenvalue weighted by atomic mass is 35.5. The van der Waals surface area contributed by atoms with Crippen LogP contribution in [0.4, 0.5) is 11.4 Å². The third-order valence-corrected chi connectivity index (χ3v) is 6.21. The molecular weight excluding hydrogens is 474 g/mol. The zero-order valence-corrected chi connectivity index (χ0v) is 19.7. The van der Waals surface area contributed by atoms with Gasteiger partial charge in [-0.2, -0.15) is 0 Å². The fourth-order valence-electron chi connectivity index (χ4n) is 3.31. The van der Waals surface area contributed by atoms with E-state index in [0.717, 1.165) is 22.6 Å². The van der Waals surface area contributed by atoms with Gasteiger partial charge in [-0.1, -0.05) is 59.8 Å². The Hall–Kier alpha value is -3.69. The number of nitro benzene ring substituents is 1. The molecule has 0 bridgehead atoms. The van der Waals surface area contributed by atoms with E-state index in [1.807, 2.05) is 47.0 Å². The number of aromatic nitrogens is 3. The molecule has 1 heterocycles. The minimum atomic E-state index is -0.493. The summed E-state index contributed by atoms with van der Waals surface area (Å²) in [4.78, 5) is 23.2. The summed E-state index contributed by atoms with van der Waals surface area (Å²) in [6.07, 6.45) is 0.566. The van der Waals surface area contributed by atoms with Crippen LogP contribution in [0, 0.1) is 17.0 Å². The number of carbonyl (C=O) groups is 1. The van der Waals surface area contributed by atoms with Gasteiger partial charge in [0, 0.05) is 29.3 Å². The van der Waals surface area contributed by atoms with Crippen molar-refractivity contribution in [3.05, 3.63) is 105 Å². The summed E-state index contributed by atoms with van der Waals surface area (Å²) in [5.41, 5.74) is 2.97. The zero-order valence-electron chi connectivity index (χ0n) is 18.1. The Morgan fingerprint density at radius 1 is 1.09 bits per heavy atom. The molecule has 4 aromatic rings. The molecule has 1 aromatic heterocycles. The summed E-state index contributed by atoms with van der Waals surface area (Å²) in [7, 11) is 0. The number of thioether (sulfide) groups is 1. The fraction of sp³-hybridized carbons (Fsp3) is 0.125. The van der Waals surface area contributed by atoms with E-state index in [9.17, 15) is 14.9 Å². The maximum Gasteiger partial charge on any atom is 0.271 e. The first-order chi connectivity index (χ1) is 16.4. The summed E-state index contributed by atoms with van der Waals surface area (Å²) in [5, 5.41) is 23.7. The lowest BCUT2D eigenvalue weighted by molar-refractivity contribution is -0.384. The Morgan fingerprint density at radius 2 is 1.82 bits per heavy atom. The van der Waals surface area contributed by atoms with Crippen LogP contribution in [0.15, 0.2) is 78.0 Å². The van der Waals surface area contributed by atoms with Crippen molar-refractivity contribution in [3.8, 4) is 5.69 Å². The molecule has 0 aliphatic carbocycles. The van der Waals surface area contributed by atoms with Gasteiger partial charge in [-0.15, -0.1) is 10.2 Å². The predicted molar refractivity (Wildman–Crippen MR) is 133 cm³/mol. The molecule has 0 saturated heterocycles. The van der Waals surface area contributed by atoms with Gasteiger partial charge in [0.25, 0.3) is 5.69 Å². The third kappa shape index (κ3) is 5.62. The molecule has 0 aliphatic heterocycles. The number of nitro groups is 1. The van der Waals surface area contributed by atoms with Crippen molar-refractivity contribution >= 4 is 40.6 Å². The average molecular weight is 494 g/mol. The highest BCUT2D eigenvalue weighted by Crippen LogP contribution is 2.26. The third-order valence-electron chi connectivity index (χ3n) is 5.03. The van der Waals surface area contributed by atoms with E-state index in [0.29, 0.717) is 22.3 Å². The number of amides is 1. The Morgan fingerprint density at radius 3 is 2.53 bits per heavy atom. The first kappa shape index (κ1) is 23.5. The molecule has 1 amide bonds. The predicted octanol–water partition coefficient (Wildman–Crippen LogP) is 5.46. The van der Waals surface area contributed by atoms with Crippen molar-refractivity contribution in [1.82, 2.24) is 14.8 Å². The number of aryl methyl sites for hydroxylation is 1. The largest absolute Gasteiger partial charge is 0.325 e. The topological polar surface area (TPSA) is 103 Å². The van der Waals surface area contributed by atoms with Crippen molar-refractivity contribution in [2.75, 3.05) is 11.1 Å². The summed E-state index contributed by atoms with van der Waals surface area (Å²) < 4.78 is 1.90. The van der Waals surface area contributed by atoms with Gasteiger partial charge in [0.05, 0.1) is 16.4 Å². The highest BCUT2D eigenvalue weighted by molar-refractivity contribution is 7.99. The SMILES string of the molecule is Cc1ccc([N+](=O)[O-])cc1NC(=O)CSc1nnc(Cc2ccccc2)n1-c1ccc(Cl)cc1. The van der Waals surface area contributed by atoms with Crippen molar-refractivity contribution in [2.24, 2.45) is 0 Å². The second-order valence-corrected chi connectivity index (χ2v) is 8.85. The maximum atomic E-state index is 12.6. The van der Waals surface area contributed by atoms with Crippen LogP contribution >= 0.6 is 23.4 Å². The Bertz CT molecular complexity index is 1330. The van der Waals surface area contributed by atoms with Crippen molar-refractivity contribution in [1.29, 1.82) is 0 Å². The summed E-state index contributed by atoms with van der Waals surface area (Å²) in [6.45, 7) is 1.78. The van der Waals surface area contributed by atoms with Crippen molar-refractivity contribution in [2.45, 2.75) is 18.5 Å². The molecule has 172 valence electrons. The monoisotopic (exact) mass is 493 g/mol. The second kappa shape index (κ2) is 10.5. The number of rotatable bonds is 8. The Balaban J connectivity index is 1.54. The van der Waals surface area contributed by atoms with Crippen LogP contribution in [-0.4, -0.2) is 31.3 Å². The summed E-state index contributed by atoms with van der Waals surface area (Å²) >= 11 is 7.30. The number of benzene rings is 3. The molecule has 0 fully saturated rings. The average Bonchev–Trinajstić information content (AvgIpc) is 3.22. The van der Waals surface area contributed by atoms with Gasteiger partial charge < -0.3 is 5.32 Å². The van der Waals surface area contributed by atoms with E-state index in [1.54, 1.807) is 25.1 Å². The molecule has 0 aliphatic rings. The van der Waals surface area contributed by atoms with E-state index >= 15 is 0 Å². The molecule has 4 rings (SSSR count). The number of nitrogens with zero attached hydrogens (tertiary/aromatic N) is 4. The molecule has 0 unspecified atom stereocenters. The lowest BCUT2D eigenvalue weighted by atomic mass is 10.1. The molecular formula is C24H20ClN5O3S. The second-order valence-electron chi connectivity index (χ2n) is 7.47. The van der Waals surface area contributed by atoms with Gasteiger partial charge in [-0.25, -0.2) is 0 Å². The van der Waals surface area contributed by atoms with Gasteiger partial charge in [0.2, 0.25) is 5.91 Å². The minimum absolute atomic E-state index is 0.0548. The van der Waals surface area contributed by atoms with Crippen molar-refractivity contribution in [3.63, 3.8) is 0 Å². The maximum absolute atomic E-state index is 12.6. The van der Waals surface area contributed by atoms with Crippen LogP contribution in [0.25, 0.3) is 5.69 Å². The van der Waals surface area contributed by atoms with Gasteiger partial charge >= 0.3 is 0 Å². The zero-order chi connectivity index (χ0) is 24.1. The Kier molecular flexibility index (Phi) is 7.24. The van der Waals surface area contributed by atoms with E-state index in [-0.39, 0.29) is 17.3 Å². The van der Waals surface area contributed by atoms with E-state index in [4.69, 9.17) is 11.6 Å². The lowest BCUT2D eigenvalue weighted by Gasteiger charge is -2.11. The molecule has 0 saturated carbocycles.